The van der Waals surface area contributed by atoms with E-state index in [9.17, 15) is 4.79 Å². The van der Waals surface area contributed by atoms with Crippen LogP contribution in [0.1, 0.15) is 21.9 Å². The molecule has 0 saturated heterocycles. The molecule has 0 atom stereocenters. The zero-order chi connectivity index (χ0) is 20.9. The highest BCUT2D eigenvalue weighted by molar-refractivity contribution is 9.10. The molecule has 0 bridgehead atoms. The molecule has 0 radical (unpaired) electrons. The number of ether oxygens (including phenoxy) is 1. The molecule has 0 saturated carbocycles. The van der Waals surface area contributed by atoms with Crippen molar-refractivity contribution in [2.75, 3.05) is 5.32 Å². The molecule has 0 spiro atoms. The molecule has 152 valence electrons. The van der Waals surface area contributed by atoms with Gasteiger partial charge in [-0.2, -0.15) is 5.10 Å². The van der Waals surface area contributed by atoms with Crippen molar-refractivity contribution in [1.29, 1.82) is 0 Å². The number of nitrogens with zero attached hydrogens (tertiary/aromatic N) is 2. The molecular weight excluding hydrogens is 470 g/mol. The third-order valence-corrected chi connectivity index (χ3v) is 4.97. The molecule has 0 fully saturated rings. The molecule has 1 N–H and O–H groups in total. The second-order valence-corrected chi connectivity index (χ2v) is 7.87. The Hall–Kier alpha value is -3.03. The van der Waals surface area contributed by atoms with Crippen molar-refractivity contribution in [3.63, 3.8) is 0 Å². The smallest absolute Gasteiger partial charge is 0.291 e. The summed E-state index contributed by atoms with van der Waals surface area (Å²) in [5, 5.41) is 7.72. The molecule has 1 amide bonds. The molecule has 4 aromatic rings. The van der Waals surface area contributed by atoms with E-state index in [2.05, 4.69) is 26.3 Å². The number of carbonyl (C=O) groups excluding carboxylic acids is 1. The minimum atomic E-state index is -0.354. The SMILES string of the molecule is O=C(Nc1cnn(Cc2cccc(Cl)c2)c1)c1ccc(COc2ccc(Br)cc2)o1. The van der Waals surface area contributed by atoms with Crippen LogP contribution in [0.2, 0.25) is 5.02 Å². The number of anilines is 1. The molecule has 0 aliphatic carbocycles. The summed E-state index contributed by atoms with van der Waals surface area (Å²) in [6.07, 6.45) is 3.34. The van der Waals surface area contributed by atoms with Gasteiger partial charge in [-0.05, 0) is 54.1 Å². The number of hydrogen-bond acceptors (Lipinski definition) is 4. The summed E-state index contributed by atoms with van der Waals surface area (Å²) >= 11 is 9.39. The van der Waals surface area contributed by atoms with Crippen LogP contribution in [0.15, 0.2) is 81.9 Å². The summed E-state index contributed by atoms with van der Waals surface area (Å²) in [4.78, 5) is 12.4. The van der Waals surface area contributed by atoms with Crippen LogP contribution in [0.3, 0.4) is 0 Å². The van der Waals surface area contributed by atoms with Crippen molar-refractivity contribution in [2.45, 2.75) is 13.2 Å². The van der Waals surface area contributed by atoms with E-state index in [0.29, 0.717) is 28.8 Å². The summed E-state index contributed by atoms with van der Waals surface area (Å²) in [5.74, 6) is 1.12. The second kappa shape index (κ2) is 9.19. The average molecular weight is 487 g/mol. The van der Waals surface area contributed by atoms with Crippen molar-refractivity contribution in [2.24, 2.45) is 0 Å². The molecule has 2 aromatic carbocycles. The highest BCUT2D eigenvalue weighted by Crippen LogP contribution is 2.19. The van der Waals surface area contributed by atoms with Gasteiger partial charge in [0.1, 0.15) is 18.1 Å². The molecule has 0 unspecified atom stereocenters. The van der Waals surface area contributed by atoms with Crippen LogP contribution < -0.4 is 10.1 Å². The summed E-state index contributed by atoms with van der Waals surface area (Å²) in [6.45, 7) is 0.779. The van der Waals surface area contributed by atoms with Gasteiger partial charge in [-0.1, -0.05) is 39.7 Å². The van der Waals surface area contributed by atoms with Crippen molar-refractivity contribution in [1.82, 2.24) is 9.78 Å². The molecule has 2 heterocycles. The number of aromatic nitrogens is 2. The van der Waals surface area contributed by atoms with Crippen molar-refractivity contribution >= 4 is 39.1 Å². The Morgan fingerprint density at radius 2 is 2.00 bits per heavy atom. The fraction of sp³-hybridized carbons (Fsp3) is 0.0909. The van der Waals surface area contributed by atoms with Crippen molar-refractivity contribution in [3.05, 3.63) is 99.6 Å². The number of rotatable bonds is 7. The Morgan fingerprint density at radius 3 is 2.80 bits per heavy atom. The van der Waals surface area contributed by atoms with Gasteiger partial charge in [0.15, 0.2) is 5.76 Å². The molecule has 30 heavy (non-hydrogen) atoms. The van der Waals surface area contributed by atoms with Gasteiger partial charge in [-0.15, -0.1) is 0 Å². The van der Waals surface area contributed by atoms with E-state index in [-0.39, 0.29) is 18.3 Å². The third kappa shape index (κ3) is 5.31. The fourth-order valence-electron chi connectivity index (χ4n) is 2.79. The first-order valence-electron chi connectivity index (χ1n) is 9.10. The van der Waals surface area contributed by atoms with E-state index in [4.69, 9.17) is 20.8 Å². The van der Waals surface area contributed by atoms with Crippen LogP contribution >= 0.6 is 27.5 Å². The standard InChI is InChI=1S/C22H17BrClN3O3/c23-16-4-6-19(7-5-16)29-14-20-8-9-21(30-20)22(28)26-18-11-25-27(13-18)12-15-2-1-3-17(24)10-15/h1-11,13H,12,14H2,(H,26,28). The number of hydrogen-bond donors (Lipinski definition) is 1. The lowest BCUT2D eigenvalue weighted by Gasteiger charge is -2.04. The quantitative estimate of drug-likeness (QED) is 0.360. The minimum absolute atomic E-state index is 0.201. The van der Waals surface area contributed by atoms with E-state index in [1.54, 1.807) is 29.2 Å². The third-order valence-electron chi connectivity index (χ3n) is 4.20. The van der Waals surface area contributed by atoms with Crippen LogP contribution in [0, 0.1) is 0 Å². The summed E-state index contributed by atoms with van der Waals surface area (Å²) < 4.78 is 13.9. The zero-order valence-corrected chi connectivity index (χ0v) is 18.1. The Morgan fingerprint density at radius 1 is 1.17 bits per heavy atom. The van der Waals surface area contributed by atoms with E-state index in [1.165, 1.54) is 0 Å². The maximum absolute atomic E-state index is 12.4. The summed E-state index contributed by atoms with van der Waals surface area (Å²) in [7, 11) is 0. The first kappa shape index (κ1) is 20.3. The van der Waals surface area contributed by atoms with Gasteiger partial charge in [-0.3, -0.25) is 9.48 Å². The minimum Gasteiger partial charge on any atom is -0.486 e. The monoisotopic (exact) mass is 485 g/mol. The predicted octanol–water partition coefficient (Wildman–Crippen LogP) is 5.77. The second-order valence-electron chi connectivity index (χ2n) is 6.52. The van der Waals surface area contributed by atoms with Gasteiger partial charge in [0.25, 0.3) is 5.91 Å². The van der Waals surface area contributed by atoms with Gasteiger partial charge in [0.2, 0.25) is 0 Å². The van der Waals surface area contributed by atoms with Crippen LogP contribution in [0.4, 0.5) is 5.69 Å². The number of amides is 1. The molecule has 8 heteroatoms. The topological polar surface area (TPSA) is 69.3 Å². The van der Waals surface area contributed by atoms with Crippen molar-refractivity contribution in [3.8, 4) is 5.75 Å². The van der Waals surface area contributed by atoms with Crippen LogP contribution in [0.5, 0.6) is 5.75 Å². The summed E-state index contributed by atoms with van der Waals surface area (Å²) in [6, 6.07) is 18.4. The lowest BCUT2D eigenvalue weighted by atomic mass is 10.2. The first-order chi connectivity index (χ1) is 14.5. The lowest BCUT2D eigenvalue weighted by molar-refractivity contribution is 0.0992. The predicted molar refractivity (Wildman–Crippen MR) is 118 cm³/mol. The Kier molecular flexibility index (Phi) is 6.21. The maximum atomic E-state index is 12.4. The molecule has 0 aliphatic heterocycles. The van der Waals surface area contributed by atoms with E-state index in [0.717, 1.165) is 10.0 Å². The Bertz CT molecular complexity index is 1150. The van der Waals surface area contributed by atoms with Gasteiger partial charge in [0, 0.05) is 15.7 Å². The first-order valence-corrected chi connectivity index (χ1v) is 10.3. The fourth-order valence-corrected chi connectivity index (χ4v) is 3.27. The van der Waals surface area contributed by atoms with Gasteiger partial charge < -0.3 is 14.5 Å². The van der Waals surface area contributed by atoms with Gasteiger partial charge >= 0.3 is 0 Å². The molecule has 4 rings (SSSR count). The lowest BCUT2D eigenvalue weighted by Crippen LogP contribution is -2.10. The molecule has 2 aromatic heterocycles. The van der Waals surface area contributed by atoms with E-state index < -0.39 is 0 Å². The van der Waals surface area contributed by atoms with E-state index >= 15 is 0 Å². The van der Waals surface area contributed by atoms with Crippen LogP contribution in [-0.4, -0.2) is 15.7 Å². The largest absolute Gasteiger partial charge is 0.486 e. The average Bonchev–Trinajstić information content (AvgIpc) is 3.37. The van der Waals surface area contributed by atoms with Gasteiger partial charge in [0.05, 0.1) is 18.4 Å². The van der Waals surface area contributed by atoms with Gasteiger partial charge in [-0.25, -0.2) is 0 Å². The Labute approximate surface area is 186 Å². The Balaban J connectivity index is 1.33. The zero-order valence-electron chi connectivity index (χ0n) is 15.7. The molecule has 6 nitrogen and oxygen atoms in total. The number of halogens is 2. The number of carbonyl (C=O) groups is 1. The highest BCUT2D eigenvalue weighted by Gasteiger charge is 2.13. The maximum Gasteiger partial charge on any atom is 0.291 e. The molecular formula is C22H17BrClN3O3. The van der Waals surface area contributed by atoms with Crippen LogP contribution in [-0.2, 0) is 13.2 Å². The number of benzene rings is 2. The van der Waals surface area contributed by atoms with Crippen molar-refractivity contribution < 1.29 is 13.9 Å². The van der Waals surface area contributed by atoms with E-state index in [1.807, 2.05) is 48.5 Å². The molecule has 0 aliphatic rings. The number of furan rings is 1. The van der Waals surface area contributed by atoms with Crippen LogP contribution in [0.25, 0.3) is 0 Å². The highest BCUT2D eigenvalue weighted by atomic mass is 79.9. The summed E-state index contributed by atoms with van der Waals surface area (Å²) in [5.41, 5.74) is 1.59. The number of nitrogens with one attached hydrogen (secondary N) is 1. The normalized spacial score (nSPS) is 10.7.